The van der Waals surface area contributed by atoms with E-state index in [1.165, 1.54) is 10.5 Å². The summed E-state index contributed by atoms with van der Waals surface area (Å²) in [7, 11) is 0. The van der Waals surface area contributed by atoms with Gasteiger partial charge in [0.1, 0.15) is 11.5 Å². The Morgan fingerprint density at radius 2 is 2.12 bits per heavy atom. The number of nitrogens with zero attached hydrogens (tertiary/aromatic N) is 4. The number of carboxylic acids is 1. The standard InChI is InChI=1S/C25H30N4O4S/c1-16(2)19-14-34-21(26-19)7-5-17-9-12-29-20(13-17)27-23(18(24(29)32)6-8-22(30)31)28-11-4-10-25(3,33)15-28/h6,8-9,12-14,16,33H,4-5,7,10-11,15H2,1-3H3,(H,30,31)/b8-6+. The molecule has 4 rings (SSSR count). The topological polar surface area (TPSA) is 108 Å². The second-order valence-corrected chi connectivity index (χ2v) is 10.4. The summed E-state index contributed by atoms with van der Waals surface area (Å²) in [6.45, 7) is 6.98. The number of aromatic nitrogens is 3. The number of fused-ring (bicyclic) bond motifs is 1. The molecule has 1 aliphatic rings. The molecule has 1 aliphatic heterocycles. The zero-order valence-corrected chi connectivity index (χ0v) is 20.5. The van der Waals surface area contributed by atoms with Gasteiger partial charge in [0.2, 0.25) is 0 Å². The van der Waals surface area contributed by atoms with Gasteiger partial charge in [0.25, 0.3) is 5.56 Å². The highest BCUT2D eigenvalue weighted by molar-refractivity contribution is 7.09. The highest BCUT2D eigenvalue weighted by Gasteiger charge is 2.30. The average molecular weight is 483 g/mol. The van der Waals surface area contributed by atoms with E-state index in [1.54, 1.807) is 24.5 Å². The van der Waals surface area contributed by atoms with Crippen LogP contribution < -0.4 is 10.5 Å². The SMILES string of the molecule is CC(C)c1csc(CCc2ccn3c(=O)c(/C=C/C(=O)O)c(N4CCCC(C)(O)C4)nc3c2)n1. The summed E-state index contributed by atoms with van der Waals surface area (Å²) in [5.41, 5.74) is 1.61. The number of piperidine rings is 1. The van der Waals surface area contributed by atoms with E-state index >= 15 is 0 Å². The molecule has 0 aliphatic carbocycles. The Morgan fingerprint density at radius 1 is 1.32 bits per heavy atom. The Labute approximate surface area is 202 Å². The molecule has 4 heterocycles. The number of anilines is 1. The Bertz CT molecular complexity index is 1290. The lowest BCUT2D eigenvalue weighted by molar-refractivity contribution is -0.131. The van der Waals surface area contributed by atoms with Crippen molar-refractivity contribution in [2.75, 3.05) is 18.0 Å². The van der Waals surface area contributed by atoms with Gasteiger partial charge in [-0.15, -0.1) is 11.3 Å². The molecule has 1 fully saturated rings. The van der Waals surface area contributed by atoms with Crippen molar-refractivity contribution < 1.29 is 15.0 Å². The third kappa shape index (κ3) is 5.37. The monoisotopic (exact) mass is 482 g/mol. The lowest BCUT2D eigenvalue weighted by atomic mass is 9.95. The predicted octanol–water partition coefficient (Wildman–Crippen LogP) is 3.51. The third-order valence-electron chi connectivity index (χ3n) is 6.07. The number of pyridine rings is 1. The summed E-state index contributed by atoms with van der Waals surface area (Å²) in [5.74, 6) is -0.333. The van der Waals surface area contributed by atoms with Crippen LogP contribution in [0.25, 0.3) is 11.7 Å². The van der Waals surface area contributed by atoms with Crippen LogP contribution in [0.1, 0.15) is 61.4 Å². The van der Waals surface area contributed by atoms with Crippen LogP contribution in [-0.2, 0) is 17.6 Å². The van der Waals surface area contributed by atoms with Gasteiger partial charge in [0.15, 0.2) is 0 Å². The molecule has 180 valence electrons. The summed E-state index contributed by atoms with van der Waals surface area (Å²) in [5, 5.41) is 22.9. The average Bonchev–Trinajstić information content (AvgIpc) is 3.25. The molecule has 3 aromatic rings. The first-order valence-electron chi connectivity index (χ1n) is 11.5. The molecule has 9 heteroatoms. The molecule has 1 atom stereocenters. The van der Waals surface area contributed by atoms with Gasteiger partial charge < -0.3 is 15.1 Å². The maximum Gasteiger partial charge on any atom is 0.328 e. The summed E-state index contributed by atoms with van der Waals surface area (Å²) < 4.78 is 1.44. The molecule has 34 heavy (non-hydrogen) atoms. The molecule has 0 bridgehead atoms. The minimum absolute atomic E-state index is 0.203. The first-order chi connectivity index (χ1) is 16.1. The van der Waals surface area contributed by atoms with Crippen LogP contribution in [0.2, 0.25) is 0 Å². The first-order valence-corrected chi connectivity index (χ1v) is 12.4. The number of carbonyl (C=O) groups is 1. The Kier molecular flexibility index (Phi) is 6.86. The summed E-state index contributed by atoms with van der Waals surface area (Å²) in [6, 6.07) is 3.79. The van der Waals surface area contributed by atoms with E-state index < -0.39 is 11.6 Å². The van der Waals surface area contributed by atoms with Crippen LogP contribution >= 0.6 is 11.3 Å². The molecule has 8 nitrogen and oxygen atoms in total. The molecule has 0 radical (unpaired) electrons. The number of aliphatic hydroxyl groups is 1. The quantitative estimate of drug-likeness (QED) is 0.496. The summed E-state index contributed by atoms with van der Waals surface area (Å²) in [4.78, 5) is 35.8. The van der Waals surface area contributed by atoms with E-state index in [2.05, 4.69) is 19.2 Å². The molecule has 1 saturated heterocycles. The second-order valence-electron chi connectivity index (χ2n) is 9.43. The molecule has 1 unspecified atom stereocenters. The Hall–Kier alpha value is -3.04. The van der Waals surface area contributed by atoms with E-state index in [0.717, 1.165) is 41.6 Å². The highest BCUT2D eigenvalue weighted by atomic mass is 32.1. The fourth-order valence-electron chi connectivity index (χ4n) is 4.24. The number of carboxylic acid groups (broad SMARTS) is 1. The van der Waals surface area contributed by atoms with Crippen molar-refractivity contribution in [1.82, 2.24) is 14.4 Å². The van der Waals surface area contributed by atoms with Crippen molar-refractivity contribution in [1.29, 1.82) is 0 Å². The molecule has 0 spiro atoms. The second kappa shape index (κ2) is 9.68. The van der Waals surface area contributed by atoms with Gasteiger partial charge in [-0.2, -0.15) is 0 Å². The van der Waals surface area contributed by atoms with E-state index in [0.29, 0.717) is 36.9 Å². The normalized spacial score (nSPS) is 18.9. The van der Waals surface area contributed by atoms with Crippen LogP contribution in [0.15, 0.2) is 34.6 Å². The van der Waals surface area contributed by atoms with Gasteiger partial charge in [-0.3, -0.25) is 9.20 Å². The van der Waals surface area contributed by atoms with Gasteiger partial charge in [0, 0.05) is 37.2 Å². The van der Waals surface area contributed by atoms with Crippen molar-refractivity contribution in [3.8, 4) is 0 Å². The largest absolute Gasteiger partial charge is 0.478 e. The smallest absolute Gasteiger partial charge is 0.328 e. The highest BCUT2D eigenvalue weighted by Crippen LogP contribution is 2.27. The maximum absolute atomic E-state index is 13.3. The number of thiazole rings is 1. The van der Waals surface area contributed by atoms with Crippen LogP contribution in [0.5, 0.6) is 0 Å². The van der Waals surface area contributed by atoms with Gasteiger partial charge in [-0.25, -0.2) is 14.8 Å². The Morgan fingerprint density at radius 3 is 2.79 bits per heavy atom. The van der Waals surface area contributed by atoms with Gasteiger partial charge in [0.05, 0.1) is 21.9 Å². The number of hydrogen-bond acceptors (Lipinski definition) is 7. The minimum atomic E-state index is -1.14. The molecular formula is C25H30N4O4S. The summed E-state index contributed by atoms with van der Waals surface area (Å²) in [6.07, 6.45) is 6.92. The first kappa shape index (κ1) is 24.1. The third-order valence-corrected chi connectivity index (χ3v) is 6.99. The van der Waals surface area contributed by atoms with Gasteiger partial charge in [-0.1, -0.05) is 13.8 Å². The zero-order chi connectivity index (χ0) is 24.5. The van der Waals surface area contributed by atoms with Crippen molar-refractivity contribution in [2.45, 2.75) is 58.0 Å². The van der Waals surface area contributed by atoms with E-state index in [4.69, 9.17) is 15.1 Å². The van der Waals surface area contributed by atoms with Crippen molar-refractivity contribution >= 4 is 34.8 Å². The number of rotatable bonds is 7. The molecular weight excluding hydrogens is 452 g/mol. The van der Waals surface area contributed by atoms with E-state index in [-0.39, 0.29) is 11.1 Å². The lowest BCUT2D eigenvalue weighted by Crippen LogP contribution is -2.47. The van der Waals surface area contributed by atoms with Crippen molar-refractivity contribution in [3.05, 3.63) is 62.0 Å². The number of hydrogen-bond donors (Lipinski definition) is 2. The lowest BCUT2D eigenvalue weighted by Gasteiger charge is -2.38. The molecule has 3 aromatic heterocycles. The van der Waals surface area contributed by atoms with Crippen LogP contribution in [0.3, 0.4) is 0 Å². The number of β-amino-alcohol motifs (C(OH)–C–C–N with tert-alkyl or cyclic N) is 1. The van der Waals surface area contributed by atoms with Gasteiger partial charge >= 0.3 is 5.97 Å². The number of aliphatic carboxylic acids is 1. The minimum Gasteiger partial charge on any atom is -0.478 e. The van der Waals surface area contributed by atoms with Crippen LogP contribution in [0.4, 0.5) is 5.82 Å². The van der Waals surface area contributed by atoms with Crippen LogP contribution in [-0.4, -0.2) is 49.2 Å². The number of aryl methyl sites for hydroxylation is 2. The Balaban J connectivity index is 1.70. The molecule has 0 amide bonds. The zero-order valence-electron chi connectivity index (χ0n) is 19.7. The van der Waals surface area contributed by atoms with Crippen molar-refractivity contribution in [2.24, 2.45) is 0 Å². The molecule has 0 saturated carbocycles. The fraction of sp³-hybridized carbons (Fsp3) is 0.440. The predicted molar refractivity (Wildman–Crippen MR) is 134 cm³/mol. The van der Waals surface area contributed by atoms with E-state index in [9.17, 15) is 14.7 Å². The van der Waals surface area contributed by atoms with Gasteiger partial charge in [-0.05, 0) is 55.9 Å². The molecule has 2 N–H and O–H groups in total. The molecule has 0 aromatic carbocycles. The van der Waals surface area contributed by atoms with E-state index in [1.807, 2.05) is 17.0 Å². The maximum atomic E-state index is 13.3. The van der Waals surface area contributed by atoms with Crippen molar-refractivity contribution in [3.63, 3.8) is 0 Å². The van der Waals surface area contributed by atoms with Crippen LogP contribution in [0, 0.1) is 0 Å². The fourth-order valence-corrected chi connectivity index (χ4v) is 5.20. The summed E-state index contributed by atoms with van der Waals surface area (Å²) >= 11 is 1.67.